The van der Waals surface area contributed by atoms with Gasteiger partial charge in [-0.3, -0.25) is 0 Å². The molecule has 0 spiro atoms. The summed E-state index contributed by atoms with van der Waals surface area (Å²) in [6.07, 6.45) is 2.03. The number of carbonyl (C=O) groups is 2. The van der Waals surface area contributed by atoms with Crippen LogP contribution in [0.5, 0.6) is 11.5 Å². The lowest BCUT2D eigenvalue weighted by molar-refractivity contribution is 0.00191. The van der Waals surface area contributed by atoms with E-state index in [4.69, 9.17) is 21.1 Å². The van der Waals surface area contributed by atoms with E-state index in [1.807, 2.05) is 39.0 Å². The Bertz CT molecular complexity index is 1310. The lowest BCUT2D eigenvalue weighted by Crippen LogP contribution is -2.47. The number of benzene rings is 2. The van der Waals surface area contributed by atoms with Gasteiger partial charge in [-0.2, -0.15) is 0 Å². The number of aromatic carboxylic acids is 1. The summed E-state index contributed by atoms with van der Waals surface area (Å²) in [5.74, 6) is -0.0298. The van der Waals surface area contributed by atoms with Crippen LogP contribution in [0, 0.1) is 0 Å². The van der Waals surface area contributed by atoms with Crippen LogP contribution in [-0.4, -0.2) is 50.3 Å². The lowest BCUT2D eigenvalue weighted by Gasteiger charge is -2.37. The molecule has 0 aliphatic heterocycles. The van der Waals surface area contributed by atoms with E-state index in [2.05, 4.69) is 4.98 Å². The maximum absolute atomic E-state index is 13.3. The highest BCUT2D eigenvalue weighted by Crippen LogP contribution is 2.32. The van der Waals surface area contributed by atoms with Crippen molar-refractivity contribution in [3.8, 4) is 11.5 Å². The molecule has 1 amide bonds. The molecule has 0 fully saturated rings. The van der Waals surface area contributed by atoms with Crippen molar-refractivity contribution in [2.75, 3.05) is 6.54 Å². The number of aliphatic hydroxyl groups is 1. The molecule has 38 heavy (non-hydrogen) atoms. The van der Waals surface area contributed by atoms with E-state index in [1.54, 1.807) is 29.2 Å². The van der Waals surface area contributed by atoms with Crippen LogP contribution in [0.2, 0.25) is 5.15 Å². The Hall–Kier alpha value is -3.62. The smallest absolute Gasteiger partial charge is 0.410 e. The highest BCUT2D eigenvalue weighted by atomic mass is 35.5. The molecule has 0 unspecified atom stereocenters. The largest absolute Gasteiger partial charge is 0.478 e. The quantitative estimate of drug-likeness (QED) is 0.352. The molecular weight excluding hydrogens is 508 g/mol. The van der Waals surface area contributed by atoms with Crippen LogP contribution in [-0.2, 0) is 17.6 Å². The van der Waals surface area contributed by atoms with E-state index in [-0.39, 0.29) is 18.2 Å². The second-order valence-corrected chi connectivity index (χ2v) is 10.7. The van der Waals surface area contributed by atoms with Gasteiger partial charge < -0.3 is 24.6 Å². The Morgan fingerprint density at radius 1 is 1.11 bits per heavy atom. The first kappa shape index (κ1) is 27.4. The zero-order chi connectivity index (χ0) is 27.4. The Balaban J connectivity index is 1.55. The summed E-state index contributed by atoms with van der Waals surface area (Å²) >= 11 is 5.89. The van der Waals surface area contributed by atoms with Crippen molar-refractivity contribution in [2.45, 2.75) is 57.8 Å². The van der Waals surface area contributed by atoms with Gasteiger partial charge in [0.15, 0.2) is 0 Å². The Kier molecular flexibility index (Phi) is 8.23. The van der Waals surface area contributed by atoms with Crippen molar-refractivity contribution in [3.05, 3.63) is 88.2 Å². The van der Waals surface area contributed by atoms with Crippen molar-refractivity contribution < 1.29 is 29.3 Å². The maximum Gasteiger partial charge on any atom is 0.410 e. The number of hydrogen-bond donors (Lipinski definition) is 2. The third kappa shape index (κ3) is 7.02. The fourth-order valence-corrected chi connectivity index (χ4v) is 4.55. The van der Waals surface area contributed by atoms with Gasteiger partial charge in [0.1, 0.15) is 22.3 Å². The summed E-state index contributed by atoms with van der Waals surface area (Å²) in [7, 11) is 0. The number of pyridine rings is 1. The number of aromatic nitrogens is 1. The zero-order valence-electron chi connectivity index (χ0n) is 21.6. The molecule has 0 bridgehead atoms. The van der Waals surface area contributed by atoms with Crippen LogP contribution in [0.25, 0.3) is 0 Å². The minimum Gasteiger partial charge on any atom is -0.478 e. The van der Waals surface area contributed by atoms with Crippen molar-refractivity contribution in [2.24, 2.45) is 0 Å². The number of hydrogen-bond acceptors (Lipinski definition) is 6. The molecule has 2 atom stereocenters. The van der Waals surface area contributed by atoms with Gasteiger partial charge in [0.05, 0.1) is 18.2 Å². The van der Waals surface area contributed by atoms with Crippen LogP contribution in [0.4, 0.5) is 4.79 Å². The number of carbonyl (C=O) groups excluding carboxylic acids is 1. The molecule has 1 aliphatic rings. The lowest BCUT2D eigenvalue weighted by atomic mass is 9.87. The molecule has 1 aliphatic carbocycles. The summed E-state index contributed by atoms with van der Waals surface area (Å²) in [6, 6.07) is 15.2. The number of fused-ring (bicyclic) bond motifs is 1. The number of rotatable bonds is 7. The Labute approximate surface area is 226 Å². The molecule has 2 N–H and O–H groups in total. The van der Waals surface area contributed by atoms with Crippen LogP contribution >= 0.6 is 11.6 Å². The molecule has 1 aromatic heterocycles. The number of ether oxygens (including phenoxy) is 2. The first-order valence-electron chi connectivity index (χ1n) is 12.4. The molecule has 3 aromatic rings. The molecule has 8 nitrogen and oxygen atoms in total. The summed E-state index contributed by atoms with van der Waals surface area (Å²) in [5, 5.41) is 20.5. The van der Waals surface area contributed by atoms with Crippen molar-refractivity contribution >= 4 is 23.7 Å². The van der Waals surface area contributed by atoms with Crippen molar-refractivity contribution in [1.82, 2.24) is 9.88 Å². The molecule has 0 saturated carbocycles. The first-order valence-corrected chi connectivity index (χ1v) is 12.8. The van der Waals surface area contributed by atoms with Gasteiger partial charge in [0.25, 0.3) is 0 Å². The Morgan fingerprint density at radius 2 is 1.87 bits per heavy atom. The number of aliphatic hydroxyl groups excluding tert-OH is 1. The molecule has 200 valence electrons. The number of amides is 1. The van der Waals surface area contributed by atoms with Gasteiger partial charge in [-0.1, -0.05) is 29.8 Å². The highest BCUT2D eigenvalue weighted by molar-refractivity contribution is 6.29. The van der Waals surface area contributed by atoms with Crippen LogP contribution in [0.15, 0.2) is 60.8 Å². The summed E-state index contributed by atoms with van der Waals surface area (Å²) < 4.78 is 11.6. The number of carboxylic acids is 1. The average Bonchev–Trinajstić information content (AvgIpc) is 2.86. The fraction of sp³-hybridized carbons (Fsp3) is 0.345. The second kappa shape index (κ2) is 11.4. The third-order valence-electron chi connectivity index (χ3n) is 6.27. The average molecular weight is 539 g/mol. The molecule has 4 rings (SSSR count). The molecule has 0 saturated heterocycles. The van der Waals surface area contributed by atoms with Gasteiger partial charge >= 0.3 is 12.1 Å². The summed E-state index contributed by atoms with van der Waals surface area (Å²) in [4.78, 5) is 30.2. The van der Waals surface area contributed by atoms with Gasteiger partial charge in [-0.15, -0.1) is 0 Å². The summed E-state index contributed by atoms with van der Waals surface area (Å²) in [6.45, 7) is 5.46. The van der Waals surface area contributed by atoms with E-state index >= 15 is 0 Å². The number of carboxylic acid groups (broad SMARTS) is 1. The van der Waals surface area contributed by atoms with Crippen LogP contribution in [0.1, 0.15) is 60.3 Å². The van der Waals surface area contributed by atoms with Gasteiger partial charge in [0.2, 0.25) is 0 Å². The van der Waals surface area contributed by atoms with E-state index in [9.17, 15) is 19.8 Å². The van der Waals surface area contributed by atoms with Crippen LogP contribution < -0.4 is 4.74 Å². The van der Waals surface area contributed by atoms with Gasteiger partial charge in [0, 0.05) is 17.8 Å². The molecule has 1 heterocycles. The minimum absolute atomic E-state index is 0.0381. The molecule has 0 radical (unpaired) electrons. The van der Waals surface area contributed by atoms with Crippen LogP contribution in [0.3, 0.4) is 0 Å². The first-order chi connectivity index (χ1) is 18.0. The predicted molar refractivity (Wildman–Crippen MR) is 143 cm³/mol. The fourth-order valence-electron chi connectivity index (χ4n) is 4.44. The number of nitrogens with zero attached hydrogens (tertiary/aromatic N) is 2. The Morgan fingerprint density at radius 3 is 2.55 bits per heavy atom. The minimum atomic E-state index is -1.03. The van der Waals surface area contributed by atoms with E-state index < -0.39 is 23.8 Å². The highest BCUT2D eigenvalue weighted by Gasteiger charge is 2.33. The summed E-state index contributed by atoms with van der Waals surface area (Å²) in [5.41, 5.74) is 2.17. The normalized spacial score (nSPS) is 15.8. The molecule has 9 heteroatoms. The van der Waals surface area contributed by atoms with Gasteiger partial charge in [-0.05, 0) is 87.6 Å². The van der Waals surface area contributed by atoms with E-state index in [1.165, 1.54) is 18.3 Å². The maximum atomic E-state index is 13.3. The molecule has 2 aromatic carbocycles. The monoisotopic (exact) mass is 538 g/mol. The third-order valence-corrected chi connectivity index (χ3v) is 6.49. The molecular formula is C29H31ClN2O6. The number of aryl methyl sites for hydroxylation is 1. The van der Waals surface area contributed by atoms with E-state index in [0.717, 1.165) is 17.5 Å². The van der Waals surface area contributed by atoms with Crippen molar-refractivity contribution in [1.29, 1.82) is 0 Å². The predicted octanol–water partition coefficient (Wildman–Crippen LogP) is 6.05. The zero-order valence-corrected chi connectivity index (χ0v) is 22.3. The standard InChI is InChI=1S/C29H31ClN2O6/c1-29(2,3)38-28(36)32(17-25(33)20-9-12-26(30)31-16-20)22-10-7-18-8-11-24(15-21(18)13-22)37-23-6-4-5-19(14-23)27(34)35/h4-6,8-9,11-12,14-16,22,25,33H,7,10,13,17H2,1-3H3,(H,34,35)/t22-,25-/m0/s1. The number of halogens is 1. The second-order valence-electron chi connectivity index (χ2n) is 10.3. The van der Waals surface area contributed by atoms with Crippen molar-refractivity contribution in [3.63, 3.8) is 0 Å². The van der Waals surface area contributed by atoms with Gasteiger partial charge in [-0.25, -0.2) is 14.6 Å². The SMILES string of the molecule is CC(C)(C)OC(=O)N(C[C@H](O)c1ccc(Cl)nc1)[C@H]1CCc2ccc(Oc3cccc(C(=O)O)c3)cc2C1. The van der Waals surface area contributed by atoms with E-state index in [0.29, 0.717) is 35.1 Å². The topological polar surface area (TPSA) is 109 Å².